The predicted molar refractivity (Wildman–Crippen MR) is 74.6 cm³/mol. The summed E-state index contributed by atoms with van der Waals surface area (Å²) in [4.78, 5) is 22.9. The molecule has 0 atom stereocenters. The molecule has 1 rings (SSSR count). The first kappa shape index (κ1) is 14.4. The summed E-state index contributed by atoms with van der Waals surface area (Å²) in [5.41, 5.74) is 6.53. The number of anilines is 1. The van der Waals surface area contributed by atoms with Crippen molar-refractivity contribution in [2.75, 3.05) is 11.9 Å². The summed E-state index contributed by atoms with van der Waals surface area (Å²) in [7, 11) is 0. The van der Waals surface area contributed by atoms with Crippen LogP contribution in [0.1, 0.15) is 5.56 Å². The molecule has 0 aliphatic heterocycles. The molecule has 0 saturated heterocycles. The Labute approximate surface area is 115 Å². The predicted octanol–water partition coefficient (Wildman–Crippen LogP) is 0.989. The summed E-state index contributed by atoms with van der Waals surface area (Å²) in [6, 6.07) is 5.08. The number of hydrogen-bond donors (Lipinski definition) is 3. The third kappa shape index (κ3) is 4.31. The molecule has 0 aliphatic carbocycles. The Morgan fingerprint density at radius 1 is 1.39 bits per heavy atom. The zero-order valence-electron chi connectivity index (χ0n) is 9.62. The molecule has 1 aromatic carbocycles. The van der Waals surface area contributed by atoms with Gasteiger partial charge in [-0.1, -0.05) is 29.9 Å². The number of hydrogen-bond acceptors (Lipinski definition) is 3. The number of carbonyl (C=O) groups excluding carboxylic acids is 2. The van der Waals surface area contributed by atoms with Crippen LogP contribution >= 0.6 is 23.8 Å². The molecule has 4 N–H and O–H groups in total. The molecule has 7 heteroatoms. The SMILES string of the molecule is Cc1ccc(NC(=O)C(=O)NCC(N)=S)c(Cl)c1. The van der Waals surface area contributed by atoms with E-state index in [0.717, 1.165) is 5.56 Å². The Hall–Kier alpha value is -1.66. The molecule has 1 aromatic rings. The topological polar surface area (TPSA) is 84.2 Å². The summed E-state index contributed by atoms with van der Waals surface area (Å²) >= 11 is 10.5. The van der Waals surface area contributed by atoms with Crippen LogP contribution in [0.25, 0.3) is 0 Å². The lowest BCUT2D eigenvalue weighted by Crippen LogP contribution is -2.39. The molecule has 18 heavy (non-hydrogen) atoms. The lowest BCUT2D eigenvalue weighted by molar-refractivity contribution is -0.135. The quantitative estimate of drug-likeness (QED) is 0.571. The van der Waals surface area contributed by atoms with E-state index < -0.39 is 11.8 Å². The zero-order chi connectivity index (χ0) is 13.7. The molecule has 0 heterocycles. The van der Waals surface area contributed by atoms with E-state index in [1.54, 1.807) is 18.2 Å². The Kier molecular flexibility index (Phi) is 5.06. The summed E-state index contributed by atoms with van der Waals surface area (Å²) in [5, 5.41) is 5.03. The Morgan fingerprint density at radius 2 is 2.06 bits per heavy atom. The second-order valence-electron chi connectivity index (χ2n) is 3.59. The van der Waals surface area contributed by atoms with E-state index in [0.29, 0.717) is 10.7 Å². The van der Waals surface area contributed by atoms with E-state index in [2.05, 4.69) is 22.9 Å². The van der Waals surface area contributed by atoms with Crippen LogP contribution in [0.3, 0.4) is 0 Å². The number of nitrogens with one attached hydrogen (secondary N) is 2. The third-order valence-corrected chi connectivity index (χ3v) is 2.46. The van der Waals surface area contributed by atoms with Crippen LogP contribution in [0.15, 0.2) is 18.2 Å². The van der Waals surface area contributed by atoms with Crippen molar-refractivity contribution >= 4 is 46.3 Å². The molecule has 2 amide bonds. The fourth-order valence-corrected chi connectivity index (χ4v) is 1.50. The first-order chi connectivity index (χ1) is 8.40. The zero-order valence-corrected chi connectivity index (χ0v) is 11.2. The molecular weight excluding hydrogens is 274 g/mol. The molecule has 0 saturated carbocycles. The second-order valence-corrected chi connectivity index (χ2v) is 4.52. The monoisotopic (exact) mass is 285 g/mol. The molecule has 0 fully saturated rings. The number of amides is 2. The smallest absolute Gasteiger partial charge is 0.313 e. The fourth-order valence-electron chi connectivity index (χ4n) is 1.15. The molecule has 0 aromatic heterocycles. The molecular formula is C11H12ClN3O2S. The van der Waals surface area contributed by atoms with Crippen molar-refractivity contribution in [3.8, 4) is 0 Å². The lowest BCUT2D eigenvalue weighted by atomic mass is 10.2. The van der Waals surface area contributed by atoms with Gasteiger partial charge in [0.1, 0.15) is 0 Å². The lowest BCUT2D eigenvalue weighted by Gasteiger charge is -2.07. The maximum absolute atomic E-state index is 11.5. The van der Waals surface area contributed by atoms with Crippen LogP contribution in [-0.4, -0.2) is 23.3 Å². The molecule has 0 spiro atoms. The van der Waals surface area contributed by atoms with Crippen molar-refractivity contribution in [3.63, 3.8) is 0 Å². The summed E-state index contributed by atoms with van der Waals surface area (Å²) in [5.74, 6) is -1.64. The van der Waals surface area contributed by atoms with Gasteiger partial charge in [-0.3, -0.25) is 9.59 Å². The van der Waals surface area contributed by atoms with Crippen molar-refractivity contribution in [2.24, 2.45) is 5.73 Å². The van der Waals surface area contributed by atoms with E-state index in [1.165, 1.54) is 0 Å². The van der Waals surface area contributed by atoms with Gasteiger partial charge < -0.3 is 16.4 Å². The number of carbonyl (C=O) groups is 2. The maximum Gasteiger partial charge on any atom is 0.313 e. The van der Waals surface area contributed by atoms with Crippen LogP contribution in [0.2, 0.25) is 5.02 Å². The molecule has 0 radical (unpaired) electrons. The third-order valence-electron chi connectivity index (χ3n) is 2.00. The first-order valence-corrected chi connectivity index (χ1v) is 5.82. The molecule has 5 nitrogen and oxygen atoms in total. The van der Waals surface area contributed by atoms with Crippen LogP contribution < -0.4 is 16.4 Å². The Balaban J connectivity index is 2.64. The largest absolute Gasteiger partial charge is 0.392 e. The van der Waals surface area contributed by atoms with Crippen molar-refractivity contribution in [1.29, 1.82) is 0 Å². The van der Waals surface area contributed by atoms with Crippen LogP contribution in [0.4, 0.5) is 5.69 Å². The highest BCUT2D eigenvalue weighted by atomic mass is 35.5. The molecule has 0 unspecified atom stereocenters. The van der Waals surface area contributed by atoms with E-state index >= 15 is 0 Å². The van der Waals surface area contributed by atoms with E-state index in [9.17, 15) is 9.59 Å². The minimum absolute atomic E-state index is 0.0246. The highest BCUT2D eigenvalue weighted by Crippen LogP contribution is 2.22. The first-order valence-electron chi connectivity index (χ1n) is 5.04. The Morgan fingerprint density at radius 3 is 2.61 bits per heavy atom. The second kappa shape index (κ2) is 6.32. The van der Waals surface area contributed by atoms with Gasteiger partial charge in [-0.2, -0.15) is 0 Å². The summed E-state index contributed by atoms with van der Waals surface area (Å²) in [6.07, 6.45) is 0. The number of nitrogens with two attached hydrogens (primary N) is 1. The van der Waals surface area contributed by atoms with Crippen LogP contribution in [0.5, 0.6) is 0 Å². The normalized spacial score (nSPS) is 9.67. The van der Waals surface area contributed by atoms with Gasteiger partial charge >= 0.3 is 11.8 Å². The highest BCUT2D eigenvalue weighted by molar-refractivity contribution is 7.80. The average molecular weight is 286 g/mol. The summed E-state index contributed by atoms with van der Waals surface area (Å²) in [6.45, 7) is 1.84. The van der Waals surface area contributed by atoms with Gasteiger partial charge in [0.2, 0.25) is 0 Å². The van der Waals surface area contributed by atoms with Crippen molar-refractivity contribution in [1.82, 2.24) is 5.32 Å². The average Bonchev–Trinajstić information content (AvgIpc) is 2.29. The van der Waals surface area contributed by atoms with E-state index in [4.69, 9.17) is 17.3 Å². The maximum atomic E-state index is 11.5. The number of thiocarbonyl (C=S) groups is 1. The highest BCUT2D eigenvalue weighted by Gasteiger charge is 2.14. The fraction of sp³-hybridized carbons (Fsp3) is 0.182. The van der Waals surface area contributed by atoms with Gasteiger partial charge in [-0.15, -0.1) is 0 Å². The van der Waals surface area contributed by atoms with E-state index in [1.807, 2.05) is 6.92 Å². The van der Waals surface area contributed by atoms with Gasteiger partial charge in [0.15, 0.2) is 0 Å². The van der Waals surface area contributed by atoms with Crippen molar-refractivity contribution in [2.45, 2.75) is 6.92 Å². The van der Waals surface area contributed by atoms with E-state index in [-0.39, 0.29) is 11.5 Å². The van der Waals surface area contributed by atoms with Crippen LogP contribution in [0, 0.1) is 6.92 Å². The van der Waals surface area contributed by atoms with Crippen molar-refractivity contribution in [3.05, 3.63) is 28.8 Å². The number of aryl methyl sites for hydroxylation is 1. The molecule has 0 bridgehead atoms. The van der Waals surface area contributed by atoms with Crippen molar-refractivity contribution < 1.29 is 9.59 Å². The Bertz CT molecular complexity index is 505. The molecule has 96 valence electrons. The van der Waals surface area contributed by atoms with Gasteiger partial charge in [-0.25, -0.2) is 0 Å². The van der Waals surface area contributed by atoms with Gasteiger partial charge in [0.05, 0.1) is 22.2 Å². The van der Waals surface area contributed by atoms with Gasteiger partial charge in [-0.05, 0) is 24.6 Å². The summed E-state index contributed by atoms with van der Waals surface area (Å²) < 4.78 is 0. The minimum Gasteiger partial charge on any atom is -0.392 e. The standard InChI is InChI=1S/C11H12ClN3O2S/c1-6-2-3-8(7(12)4-6)15-11(17)10(16)14-5-9(13)18/h2-4H,5H2,1H3,(H2,13,18)(H,14,16)(H,15,17). The minimum atomic E-state index is -0.822. The van der Waals surface area contributed by atoms with Crippen LogP contribution in [-0.2, 0) is 9.59 Å². The molecule has 0 aliphatic rings. The van der Waals surface area contributed by atoms with Gasteiger partial charge in [0, 0.05) is 0 Å². The number of halogens is 1. The number of benzene rings is 1. The number of rotatable bonds is 3. The van der Waals surface area contributed by atoms with Gasteiger partial charge in [0.25, 0.3) is 0 Å².